The lowest BCUT2D eigenvalue weighted by atomic mass is 9.87. The first-order valence-corrected chi connectivity index (χ1v) is 6.51. The molecular weight excluding hydrogens is 258 g/mol. The van der Waals surface area contributed by atoms with Gasteiger partial charge in [0.15, 0.2) is 17.8 Å². The first-order valence-electron chi connectivity index (χ1n) is 6.51. The molecule has 1 aliphatic carbocycles. The summed E-state index contributed by atoms with van der Waals surface area (Å²) in [6.07, 6.45) is 5.93. The second-order valence-corrected chi connectivity index (χ2v) is 4.86. The first kappa shape index (κ1) is 14.3. The number of isocyanates is 1. The van der Waals surface area contributed by atoms with Crippen LogP contribution >= 0.6 is 0 Å². The summed E-state index contributed by atoms with van der Waals surface area (Å²) < 4.78 is 10.5. The summed E-state index contributed by atoms with van der Waals surface area (Å²) in [5, 5.41) is 0. The molecule has 1 saturated carbocycles. The maximum absolute atomic E-state index is 11.2. The van der Waals surface area contributed by atoms with E-state index >= 15 is 0 Å². The Hall–Kier alpha value is -2.13. The van der Waals surface area contributed by atoms with Gasteiger partial charge in [-0.3, -0.25) is 4.79 Å². The molecule has 0 atom stereocenters. The summed E-state index contributed by atoms with van der Waals surface area (Å²) in [5.41, 5.74) is 0.617. The third-order valence-electron chi connectivity index (χ3n) is 3.86. The van der Waals surface area contributed by atoms with Crippen LogP contribution in [0.2, 0.25) is 0 Å². The van der Waals surface area contributed by atoms with Crippen molar-refractivity contribution in [3.63, 3.8) is 0 Å². The summed E-state index contributed by atoms with van der Waals surface area (Å²) >= 11 is 0. The number of rotatable bonds is 5. The van der Waals surface area contributed by atoms with Crippen molar-refractivity contribution >= 4 is 12.4 Å². The fourth-order valence-electron chi connectivity index (χ4n) is 2.86. The van der Waals surface area contributed by atoms with Gasteiger partial charge in [-0.05, 0) is 30.5 Å². The molecule has 1 aliphatic rings. The lowest BCUT2D eigenvalue weighted by Gasteiger charge is -2.24. The van der Waals surface area contributed by atoms with Crippen molar-refractivity contribution < 1.29 is 19.1 Å². The molecule has 0 saturated heterocycles. The molecule has 20 heavy (non-hydrogen) atoms. The van der Waals surface area contributed by atoms with E-state index in [4.69, 9.17) is 9.47 Å². The van der Waals surface area contributed by atoms with E-state index in [2.05, 4.69) is 4.99 Å². The van der Waals surface area contributed by atoms with Crippen molar-refractivity contribution in [3.8, 4) is 11.5 Å². The number of carbonyl (C=O) groups excluding carboxylic acids is 2. The average molecular weight is 275 g/mol. The highest BCUT2D eigenvalue weighted by molar-refractivity contribution is 5.82. The molecular formula is C15H17NO4. The molecule has 2 rings (SSSR count). The number of ether oxygens (including phenoxy) is 2. The Bertz CT molecular complexity index is 555. The van der Waals surface area contributed by atoms with Gasteiger partial charge in [0, 0.05) is 0 Å². The van der Waals surface area contributed by atoms with E-state index in [-0.39, 0.29) is 0 Å². The molecule has 1 aromatic rings. The Balaban J connectivity index is 2.62. The first-order chi connectivity index (χ1) is 9.70. The molecule has 0 bridgehead atoms. The van der Waals surface area contributed by atoms with Crippen molar-refractivity contribution in [1.82, 2.24) is 0 Å². The number of nitrogens with zero attached hydrogens (tertiary/aromatic N) is 1. The fraction of sp³-hybridized carbons (Fsp3) is 0.467. The van der Waals surface area contributed by atoms with Crippen LogP contribution in [0, 0.1) is 0 Å². The highest BCUT2D eigenvalue weighted by Crippen LogP contribution is 2.45. The Morgan fingerprint density at radius 1 is 1.25 bits per heavy atom. The van der Waals surface area contributed by atoms with Gasteiger partial charge in [0.2, 0.25) is 6.08 Å². The van der Waals surface area contributed by atoms with Crippen LogP contribution in [0.4, 0.5) is 0 Å². The van der Waals surface area contributed by atoms with Gasteiger partial charge >= 0.3 is 0 Å². The average Bonchev–Trinajstić information content (AvgIpc) is 2.95. The molecule has 106 valence electrons. The summed E-state index contributed by atoms with van der Waals surface area (Å²) in [5.74, 6) is 0.869. The minimum atomic E-state index is -0.584. The number of hydrogen-bond acceptors (Lipinski definition) is 5. The minimum absolute atomic E-state index is 0.397. The van der Waals surface area contributed by atoms with Gasteiger partial charge in [-0.1, -0.05) is 12.8 Å². The van der Waals surface area contributed by atoms with Gasteiger partial charge in [0.1, 0.15) is 0 Å². The standard InChI is InChI=1S/C15H17NO4/c1-19-13-8-12(7-11(9-17)14(13)20-2)15(16-10-18)5-3-4-6-15/h7-9H,3-6H2,1-2H3. The van der Waals surface area contributed by atoms with E-state index in [0.29, 0.717) is 17.1 Å². The summed E-state index contributed by atoms with van der Waals surface area (Å²) in [7, 11) is 3.00. The van der Waals surface area contributed by atoms with E-state index in [1.165, 1.54) is 14.2 Å². The highest BCUT2D eigenvalue weighted by atomic mass is 16.5. The van der Waals surface area contributed by atoms with E-state index < -0.39 is 5.54 Å². The predicted molar refractivity (Wildman–Crippen MR) is 73.2 cm³/mol. The second kappa shape index (κ2) is 5.88. The fourth-order valence-corrected chi connectivity index (χ4v) is 2.86. The predicted octanol–water partition coefficient (Wildman–Crippen LogP) is 2.62. The zero-order valence-electron chi connectivity index (χ0n) is 11.6. The lowest BCUT2D eigenvalue weighted by Crippen LogP contribution is -2.19. The van der Waals surface area contributed by atoms with Crippen LogP contribution in [0.3, 0.4) is 0 Å². The van der Waals surface area contributed by atoms with Crippen molar-refractivity contribution in [2.24, 2.45) is 4.99 Å². The second-order valence-electron chi connectivity index (χ2n) is 4.86. The van der Waals surface area contributed by atoms with Gasteiger partial charge in [-0.2, -0.15) is 4.99 Å². The van der Waals surface area contributed by atoms with Crippen LogP contribution in [0.15, 0.2) is 17.1 Å². The van der Waals surface area contributed by atoms with Crippen molar-refractivity contribution in [2.45, 2.75) is 31.2 Å². The van der Waals surface area contributed by atoms with Crippen LogP contribution < -0.4 is 9.47 Å². The maximum atomic E-state index is 11.2. The quantitative estimate of drug-likeness (QED) is 0.470. The monoisotopic (exact) mass is 275 g/mol. The van der Waals surface area contributed by atoms with Crippen LogP contribution in [0.25, 0.3) is 0 Å². The molecule has 0 radical (unpaired) electrons. The highest BCUT2D eigenvalue weighted by Gasteiger charge is 2.37. The molecule has 0 aliphatic heterocycles. The number of aldehydes is 1. The zero-order chi connectivity index (χ0) is 14.6. The summed E-state index contributed by atoms with van der Waals surface area (Å²) in [4.78, 5) is 26.0. The molecule has 0 N–H and O–H groups in total. The number of methoxy groups -OCH3 is 2. The largest absolute Gasteiger partial charge is 0.493 e. The lowest BCUT2D eigenvalue weighted by molar-refractivity contribution is 0.111. The van der Waals surface area contributed by atoms with Gasteiger partial charge < -0.3 is 9.47 Å². The number of benzene rings is 1. The third-order valence-corrected chi connectivity index (χ3v) is 3.86. The Morgan fingerprint density at radius 2 is 1.95 bits per heavy atom. The summed E-state index contributed by atoms with van der Waals surface area (Å²) in [6.45, 7) is 0. The Labute approximate surface area is 117 Å². The number of hydrogen-bond donors (Lipinski definition) is 0. The van der Waals surface area contributed by atoms with E-state index in [1.54, 1.807) is 18.2 Å². The molecule has 0 heterocycles. The van der Waals surface area contributed by atoms with E-state index in [9.17, 15) is 9.59 Å². The van der Waals surface area contributed by atoms with E-state index in [0.717, 1.165) is 37.5 Å². The zero-order valence-corrected chi connectivity index (χ0v) is 11.6. The SMILES string of the molecule is COc1cc(C2(N=C=O)CCCC2)cc(C=O)c1OC. The van der Waals surface area contributed by atoms with Crippen molar-refractivity contribution in [1.29, 1.82) is 0 Å². The topological polar surface area (TPSA) is 65.0 Å². The van der Waals surface area contributed by atoms with Gasteiger partial charge in [0.05, 0.1) is 25.3 Å². The minimum Gasteiger partial charge on any atom is -0.493 e. The molecule has 0 spiro atoms. The smallest absolute Gasteiger partial charge is 0.235 e. The molecule has 1 fully saturated rings. The Morgan fingerprint density at radius 3 is 2.45 bits per heavy atom. The molecule has 5 nitrogen and oxygen atoms in total. The van der Waals surface area contributed by atoms with Crippen LogP contribution in [-0.4, -0.2) is 26.6 Å². The van der Waals surface area contributed by atoms with Crippen LogP contribution in [-0.2, 0) is 10.3 Å². The third kappa shape index (κ3) is 2.32. The molecule has 0 aromatic heterocycles. The van der Waals surface area contributed by atoms with Gasteiger partial charge in [0.25, 0.3) is 0 Å². The molecule has 1 aromatic carbocycles. The van der Waals surface area contributed by atoms with Crippen molar-refractivity contribution in [3.05, 3.63) is 23.3 Å². The number of aliphatic imine (C=N–C) groups is 1. The molecule has 5 heteroatoms. The molecule has 0 unspecified atom stereocenters. The summed E-state index contributed by atoms with van der Waals surface area (Å²) in [6, 6.07) is 3.51. The van der Waals surface area contributed by atoms with Crippen LogP contribution in [0.1, 0.15) is 41.6 Å². The van der Waals surface area contributed by atoms with Gasteiger partial charge in [-0.15, -0.1) is 0 Å². The van der Waals surface area contributed by atoms with E-state index in [1.807, 2.05) is 0 Å². The van der Waals surface area contributed by atoms with Crippen LogP contribution in [0.5, 0.6) is 11.5 Å². The Kier molecular flexibility index (Phi) is 4.20. The van der Waals surface area contributed by atoms with Gasteiger partial charge in [-0.25, -0.2) is 4.79 Å². The van der Waals surface area contributed by atoms with Crippen molar-refractivity contribution in [2.75, 3.05) is 14.2 Å². The normalized spacial score (nSPS) is 16.3. The number of carbonyl (C=O) groups is 1. The molecule has 0 amide bonds. The maximum Gasteiger partial charge on any atom is 0.235 e.